The first-order chi connectivity index (χ1) is 9.60. The molecule has 0 saturated heterocycles. The lowest BCUT2D eigenvalue weighted by Crippen LogP contribution is -2.35. The average Bonchev–Trinajstić information content (AvgIpc) is 2.27. The number of rotatable bonds is 6. The van der Waals surface area contributed by atoms with Gasteiger partial charge in [-0.15, -0.1) is 0 Å². The molecule has 1 N–H and O–H groups in total. The smallest absolute Gasteiger partial charge is 0.241 e. The van der Waals surface area contributed by atoms with Crippen molar-refractivity contribution in [3.05, 3.63) is 35.4 Å². The van der Waals surface area contributed by atoms with Gasteiger partial charge in [0.2, 0.25) is 15.9 Å². The Bertz CT molecular complexity index is 574. The third-order valence-electron chi connectivity index (χ3n) is 3.22. The molecular formula is C16H25NO3S. The Balaban J connectivity index is 2.98. The molecule has 1 atom stereocenters. The van der Waals surface area contributed by atoms with Gasteiger partial charge in [0.05, 0.1) is 12.2 Å². The fourth-order valence-electron chi connectivity index (χ4n) is 2.42. The topological polar surface area (TPSA) is 63.2 Å². The van der Waals surface area contributed by atoms with E-state index >= 15 is 0 Å². The maximum Gasteiger partial charge on any atom is 0.241 e. The normalized spacial score (nSPS) is 13.5. The number of amides is 1. The molecule has 0 aromatic heterocycles. The van der Waals surface area contributed by atoms with Crippen molar-refractivity contribution in [3.63, 3.8) is 0 Å². The van der Waals surface area contributed by atoms with E-state index in [2.05, 4.69) is 18.6 Å². The van der Waals surface area contributed by atoms with Crippen LogP contribution in [0.25, 0.3) is 0 Å². The minimum absolute atomic E-state index is 0.0164. The first-order valence-corrected chi connectivity index (χ1v) is 9.09. The Morgan fingerprint density at radius 3 is 2.00 bits per heavy atom. The lowest BCUT2D eigenvalue weighted by molar-refractivity contribution is -0.121. The summed E-state index contributed by atoms with van der Waals surface area (Å²) in [6.07, 6.45) is 1.98. The molecule has 0 aliphatic rings. The van der Waals surface area contributed by atoms with E-state index < -0.39 is 21.8 Å². The zero-order chi connectivity index (χ0) is 16.2. The molecule has 0 aliphatic carbocycles. The Labute approximate surface area is 128 Å². The van der Waals surface area contributed by atoms with Gasteiger partial charge >= 0.3 is 0 Å². The van der Waals surface area contributed by atoms with Crippen LogP contribution >= 0.6 is 0 Å². The summed E-state index contributed by atoms with van der Waals surface area (Å²) in [6.45, 7) is 8.14. The highest BCUT2D eigenvalue weighted by atomic mass is 32.2. The number of benzene rings is 1. The third-order valence-corrected chi connectivity index (χ3v) is 3.79. The van der Waals surface area contributed by atoms with Gasteiger partial charge in [-0.2, -0.15) is 0 Å². The maximum atomic E-state index is 12.2. The summed E-state index contributed by atoms with van der Waals surface area (Å²) in [5.74, 6) is -0.343. The minimum atomic E-state index is -3.53. The molecule has 1 rings (SSSR count). The summed E-state index contributed by atoms with van der Waals surface area (Å²) < 4.78 is 24.6. The van der Waals surface area contributed by atoms with E-state index in [4.69, 9.17) is 0 Å². The van der Waals surface area contributed by atoms with Gasteiger partial charge in [0, 0.05) is 0 Å². The van der Waals surface area contributed by atoms with Crippen LogP contribution < -0.4 is 4.72 Å². The zero-order valence-electron chi connectivity index (χ0n) is 13.4. The Morgan fingerprint density at radius 2 is 1.62 bits per heavy atom. The van der Waals surface area contributed by atoms with Crippen LogP contribution in [0.1, 0.15) is 44.7 Å². The largest absolute Gasteiger partial charge is 0.273 e. The second-order valence-corrected chi connectivity index (χ2v) is 8.05. The van der Waals surface area contributed by atoms with Gasteiger partial charge in [0.25, 0.3) is 0 Å². The zero-order valence-corrected chi connectivity index (χ0v) is 14.2. The van der Waals surface area contributed by atoms with Crippen molar-refractivity contribution in [3.8, 4) is 0 Å². The van der Waals surface area contributed by atoms with E-state index in [1.54, 1.807) is 0 Å². The fraction of sp³-hybridized carbons (Fsp3) is 0.562. The molecule has 1 unspecified atom stereocenters. The molecular weight excluding hydrogens is 286 g/mol. The summed E-state index contributed by atoms with van der Waals surface area (Å²) in [7, 11) is -3.53. The summed E-state index contributed by atoms with van der Waals surface area (Å²) in [5.41, 5.74) is 2.07. The van der Waals surface area contributed by atoms with E-state index in [-0.39, 0.29) is 5.92 Å². The average molecular weight is 311 g/mol. The quantitative estimate of drug-likeness (QED) is 0.878. The van der Waals surface area contributed by atoms with E-state index in [1.165, 1.54) is 5.56 Å². The lowest BCUT2D eigenvalue weighted by Gasteiger charge is -2.20. The number of nitrogens with one attached hydrogen (secondary N) is 1. The molecule has 0 radical (unpaired) electrons. The molecule has 0 saturated carbocycles. The molecule has 5 heteroatoms. The fourth-order valence-corrected chi connectivity index (χ4v) is 2.91. The Morgan fingerprint density at radius 1 is 1.10 bits per heavy atom. The molecule has 1 amide bonds. The van der Waals surface area contributed by atoms with Crippen molar-refractivity contribution < 1.29 is 13.2 Å². The molecule has 118 valence electrons. The van der Waals surface area contributed by atoms with Crippen LogP contribution in [0.15, 0.2) is 24.3 Å². The molecule has 1 aromatic rings. The number of carbonyl (C=O) groups is 1. The highest BCUT2D eigenvalue weighted by Gasteiger charge is 2.26. The standard InChI is InChI=1S/C16H25NO3S/c1-11(2)10-13-6-8-14(9-7-13)15(12(3)4)16(18)17-21(5,19)20/h6-9,11-12,15H,10H2,1-5H3,(H,17,18). The SMILES string of the molecule is CC(C)Cc1ccc(C(C(=O)NS(C)(=O)=O)C(C)C)cc1. The molecule has 21 heavy (non-hydrogen) atoms. The number of sulfonamides is 1. The summed E-state index contributed by atoms with van der Waals surface area (Å²) in [5, 5.41) is 0. The van der Waals surface area contributed by atoms with E-state index in [9.17, 15) is 13.2 Å². The highest BCUT2D eigenvalue weighted by molar-refractivity contribution is 7.89. The molecule has 0 spiro atoms. The van der Waals surface area contributed by atoms with E-state index in [0.717, 1.165) is 18.2 Å². The van der Waals surface area contributed by atoms with Crippen LogP contribution in [-0.2, 0) is 21.2 Å². The van der Waals surface area contributed by atoms with Gasteiger partial charge in [-0.05, 0) is 29.4 Å². The van der Waals surface area contributed by atoms with Crippen molar-refractivity contribution in [2.75, 3.05) is 6.26 Å². The van der Waals surface area contributed by atoms with Crippen LogP contribution in [0.5, 0.6) is 0 Å². The molecule has 0 fully saturated rings. The van der Waals surface area contributed by atoms with Crippen molar-refractivity contribution in [1.29, 1.82) is 0 Å². The van der Waals surface area contributed by atoms with Crippen molar-refractivity contribution in [1.82, 2.24) is 4.72 Å². The van der Waals surface area contributed by atoms with Crippen molar-refractivity contribution in [2.24, 2.45) is 11.8 Å². The van der Waals surface area contributed by atoms with Crippen LogP contribution in [-0.4, -0.2) is 20.6 Å². The van der Waals surface area contributed by atoms with Gasteiger partial charge in [0.15, 0.2) is 0 Å². The predicted octanol–water partition coefficient (Wildman–Crippen LogP) is 2.70. The Hall–Kier alpha value is -1.36. The van der Waals surface area contributed by atoms with E-state index in [1.807, 2.05) is 38.1 Å². The van der Waals surface area contributed by atoms with Crippen LogP contribution in [0.2, 0.25) is 0 Å². The molecule has 0 heterocycles. The first-order valence-electron chi connectivity index (χ1n) is 7.20. The van der Waals surface area contributed by atoms with Gasteiger partial charge in [-0.25, -0.2) is 8.42 Å². The summed E-state index contributed by atoms with van der Waals surface area (Å²) in [6, 6.07) is 7.87. The maximum absolute atomic E-state index is 12.2. The number of hydrogen-bond acceptors (Lipinski definition) is 3. The monoisotopic (exact) mass is 311 g/mol. The molecule has 0 bridgehead atoms. The third kappa shape index (κ3) is 5.87. The van der Waals surface area contributed by atoms with Crippen molar-refractivity contribution >= 4 is 15.9 Å². The second kappa shape index (κ2) is 7.07. The van der Waals surface area contributed by atoms with Gasteiger partial charge in [0.1, 0.15) is 0 Å². The number of hydrogen-bond donors (Lipinski definition) is 1. The predicted molar refractivity (Wildman–Crippen MR) is 85.5 cm³/mol. The summed E-state index contributed by atoms with van der Waals surface area (Å²) in [4.78, 5) is 12.2. The number of carbonyl (C=O) groups excluding carboxylic acids is 1. The minimum Gasteiger partial charge on any atom is -0.273 e. The molecule has 4 nitrogen and oxygen atoms in total. The second-order valence-electron chi connectivity index (χ2n) is 6.30. The van der Waals surface area contributed by atoms with Gasteiger partial charge < -0.3 is 0 Å². The molecule has 0 aliphatic heterocycles. The highest BCUT2D eigenvalue weighted by Crippen LogP contribution is 2.25. The van der Waals surface area contributed by atoms with Crippen LogP contribution in [0.3, 0.4) is 0 Å². The summed E-state index contributed by atoms with van der Waals surface area (Å²) >= 11 is 0. The van der Waals surface area contributed by atoms with Crippen LogP contribution in [0, 0.1) is 11.8 Å². The van der Waals surface area contributed by atoms with Gasteiger partial charge in [-0.1, -0.05) is 52.0 Å². The molecule has 1 aromatic carbocycles. The van der Waals surface area contributed by atoms with Crippen molar-refractivity contribution in [2.45, 2.75) is 40.0 Å². The lowest BCUT2D eigenvalue weighted by atomic mass is 9.87. The van der Waals surface area contributed by atoms with Gasteiger partial charge in [-0.3, -0.25) is 9.52 Å². The van der Waals surface area contributed by atoms with E-state index in [0.29, 0.717) is 5.92 Å². The first kappa shape index (κ1) is 17.7. The Kier molecular flexibility index (Phi) is 5.96. The van der Waals surface area contributed by atoms with Crippen LogP contribution in [0.4, 0.5) is 0 Å².